The number of hydrogen-bond donors (Lipinski definition) is 5. The molecule has 1 aromatic carbocycles. The Morgan fingerprint density at radius 1 is 1.20 bits per heavy atom. The maximum Gasteiger partial charge on any atom is 0.207 e. The van der Waals surface area contributed by atoms with Gasteiger partial charge in [-0.25, -0.2) is 15.0 Å². The third-order valence-corrected chi connectivity index (χ3v) is 5.56. The second kappa shape index (κ2) is 8.50. The highest BCUT2D eigenvalue weighted by Gasteiger charge is 2.45. The zero-order valence-electron chi connectivity index (χ0n) is 15.6. The van der Waals surface area contributed by atoms with Crippen LogP contribution < -0.4 is 11.1 Å². The lowest BCUT2D eigenvalue weighted by atomic mass is 10.1. The molecule has 1 saturated heterocycles. The van der Waals surface area contributed by atoms with Crippen molar-refractivity contribution < 1.29 is 20.1 Å². The predicted octanol–water partition coefficient (Wildman–Crippen LogP) is 0.981. The van der Waals surface area contributed by atoms with Gasteiger partial charge in [-0.2, -0.15) is 0 Å². The first-order valence-electron chi connectivity index (χ1n) is 9.19. The van der Waals surface area contributed by atoms with E-state index in [9.17, 15) is 15.3 Å². The Morgan fingerprint density at radius 3 is 2.70 bits per heavy atom. The van der Waals surface area contributed by atoms with Crippen LogP contribution in [0.2, 0.25) is 10.0 Å². The topological polar surface area (TPSA) is 152 Å². The molecule has 4 atom stereocenters. The van der Waals surface area contributed by atoms with Crippen molar-refractivity contribution in [3.8, 4) is 0 Å². The van der Waals surface area contributed by atoms with Crippen molar-refractivity contribution in [2.45, 2.75) is 31.0 Å². The summed E-state index contributed by atoms with van der Waals surface area (Å²) < 4.78 is 7.16. The summed E-state index contributed by atoms with van der Waals surface area (Å²) in [5.41, 5.74) is 7.47. The number of anilines is 2. The van der Waals surface area contributed by atoms with Crippen molar-refractivity contribution in [3.63, 3.8) is 0 Å². The van der Waals surface area contributed by atoms with Crippen LogP contribution in [0.3, 0.4) is 0 Å². The number of aliphatic hydroxyl groups excluding tert-OH is 3. The standard InChI is InChI=1S/C18H20Cl2N6O4/c19-9-2-1-8(10(20)5-9)3-4-22-18-25-12-15(21)23-7-24-16(12)26(18)17-14(29)13(28)11(6-27)30-17/h1-2,5,7,11,13-14,17,27-29H,3-4,6H2,(H,22,25)(H2,21,23,24)/t11-,13-,14-,17-/m1/s1. The van der Waals surface area contributed by atoms with Gasteiger partial charge in [-0.1, -0.05) is 29.3 Å². The molecule has 0 spiro atoms. The van der Waals surface area contributed by atoms with Gasteiger partial charge < -0.3 is 31.1 Å². The molecule has 2 aromatic heterocycles. The number of nitrogens with zero attached hydrogens (tertiary/aromatic N) is 4. The molecule has 4 rings (SSSR count). The highest BCUT2D eigenvalue weighted by atomic mass is 35.5. The Morgan fingerprint density at radius 2 is 2.00 bits per heavy atom. The fourth-order valence-corrected chi connectivity index (χ4v) is 3.92. The Kier molecular flexibility index (Phi) is 5.96. The number of imidazole rings is 1. The molecule has 10 nitrogen and oxygen atoms in total. The largest absolute Gasteiger partial charge is 0.394 e. The number of rotatable bonds is 6. The number of nitrogens with two attached hydrogens (primary N) is 1. The summed E-state index contributed by atoms with van der Waals surface area (Å²) in [6.07, 6.45) is -2.70. The van der Waals surface area contributed by atoms with Gasteiger partial charge in [-0.05, 0) is 24.1 Å². The normalized spacial score (nSPS) is 23.9. The van der Waals surface area contributed by atoms with Crippen LogP contribution in [0, 0.1) is 0 Å². The maximum absolute atomic E-state index is 10.5. The van der Waals surface area contributed by atoms with Crippen LogP contribution in [0.4, 0.5) is 11.8 Å². The van der Waals surface area contributed by atoms with Gasteiger partial charge in [0, 0.05) is 16.6 Å². The number of nitrogens with one attached hydrogen (secondary N) is 1. The summed E-state index contributed by atoms with van der Waals surface area (Å²) in [5.74, 6) is 0.478. The molecule has 30 heavy (non-hydrogen) atoms. The quantitative estimate of drug-likeness (QED) is 0.366. The number of halogens is 2. The van der Waals surface area contributed by atoms with Crippen molar-refractivity contribution in [2.75, 3.05) is 24.2 Å². The van der Waals surface area contributed by atoms with Crippen molar-refractivity contribution in [3.05, 3.63) is 40.1 Å². The Balaban J connectivity index is 1.64. The zero-order valence-corrected chi connectivity index (χ0v) is 17.1. The maximum atomic E-state index is 10.5. The highest BCUT2D eigenvalue weighted by molar-refractivity contribution is 6.35. The van der Waals surface area contributed by atoms with E-state index in [1.807, 2.05) is 6.07 Å². The summed E-state index contributed by atoms with van der Waals surface area (Å²) in [4.78, 5) is 12.6. The summed E-state index contributed by atoms with van der Waals surface area (Å²) >= 11 is 12.2. The van der Waals surface area contributed by atoms with E-state index in [4.69, 9.17) is 33.7 Å². The summed E-state index contributed by atoms with van der Waals surface area (Å²) in [5, 5.41) is 34.3. The van der Waals surface area contributed by atoms with Gasteiger partial charge in [0.05, 0.1) is 6.61 Å². The number of hydrogen-bond acceptors (Lipinski definition) is 9. The van der Waals surface area contributed by atoms with E-state index >= 15 is 0 Å². The summed E-state index contributed by atoms with van der Waals surface area (Å²) in [6.45, 7) is -0.0108. The van der Waals surface area contributed by atoms with Gasteiger partial charge in [-0.15, -0.1) is 0 Å². The van der Waals surface area contributed by atoms with Crippen LogP contribution in [-0.4, -0.2) is 66.3 Å². The second-order valence-corrected chi connectivity index (χ2v) is 7.72. The number of ether oxygens (including phenoxy) is 1. The Bertz CT molecular complexity index is 1060. The molecule has 12 heteroatoms. The molecule has 3 aromatic rings. The number of nitrogen functional groups attached to an aromatic ring is 1. The fourth-order valence-electron chi connectivity index (χ4n) is 3.42. The molecule has 0 bridgehead atoms. The molecule has 1 aliphatic rings. The molecule has 0 saturated carbocycles. The highest BCUT2D eigenvalue weighted by Crippen LogP contribution is 2.35. The van der Waals surface area contributed by atoms with Gasteiger partial charge in [0.15, 0.2) is 23.2 Å². The third-order valence-electron chi connectivity index (χ3n) is 4.97. The van der Waals surface area contributed by atoms with Gasteiger partial charge in [0.25, 0.3) is 0 Å². The lowest BCUT2D eigenvalue weighted by Crippen LogP contribution is -2.33. The molecule has 3 heterocycles. The van der Waals surface area contributed by atoms with Crippen LogP contribution >= 0.6 is 23.2 Å². The van der Waals surface area contributed by atoms with Crippen LogP contribution in [0.15, 0.2) is 24.5 Å². The Labute approximate surface area is 181 Å². The summed E-state index contributed by atoms with van der Waals surface area (Å²) in [7, 11) is 0. The minimum atomic E-state index is -1.30. The fraction of sp³-hybridized carbons (Fsp3) is 0.389. The van der Waals surface area contributed by atoms with E-state index in [1.54, 1.807) is 12.1 Å². The first kappa shape index (κ1) is 21.0. The number of benzene rings is 1. The SMILES string of the molecule is Nc1ncnc2c1nc(NCCc1ccc(Cl)cc1Cl)n2[C@@H]1O[C@H](CO)[C@@H](O)[C@H]1O. The molecular weight excluding hydrogens is 435 g/mol. The number of fused-ring (bicyclic) bond motifs is 1. The molecule has 0 unspecified atom stereocenters. The third kappa shape index (κ3) is 3.78. The monoisotopic (exact) mass is 454 g/mol. The molecule has 6 N–H and O–H groups in total. The molecular formula is C18H20Cl2N6O4. The van der Waals surface area contributed by atoms with Crippen molar-refractivity contribution >= 4 is 46.1 Å². The van der Waals surface area contributed by atoms with Crippen molar-refractivity contribution in [2.24, 2.45) is 0 Å². The summed E-state index contributed by atoms with van der Waals surface area (Å²) in [6, 6.07) is 5.27. The van der Waals surface area contributed by atoms with Gasteiger partial charge in [-0.3, -0.25) is 4.57 Å². The number of aliphatic hydroxyl groups is 3. The number of aromatic nitrogens is 4. The molecule has 160 valence electrons. The van der Waals surface area contributed by atoms with E-state index in [0.717, 1.165) is 5.56 Å². The van der Waals surface area contributed by atoms with Gasteiger partial charge in [0.1, 0.15) is 24.6 Å². The van der Waals surface area contributed by atoms with Crippen LogP contribution in [0.25, 0.3) is 11.2 Å². The molecule has 0 aliphatic carbocycles. The molecule has 0 radical (unpaired) electrons. The lowest BCUT2D eigenvalue weighted by Gasteiger charge is -2.19. The molecule has 1 aliphatic heterocycles. The minimum absolute atomic E-state index is 0.161. The molecule has 1 fully saturated rings. The van der Waals surface area contributed by atoms with Crippen molar-refractivity contribution in [1.82, 2.24) is 19.5 Å². The van der Waals surface area contributed by atoms with Crippen LogP contribution in [0.1, 0.15) is 11.8 Å². The molecule has 0 amide bonds. The predicted molar refractivity (Wildman–Crippen MR) is 111 cm³/mol. The van der Waals surface area contributed by atoms with E-state index < -0.39 is 31.1 Å². The Hall–Kier alpha value is -2.21. The smallest absolute Gasteiger partial charge is 0.207 e. The lowest BCUT2D eigenvalue weighted by molar-refractivity contribution is -0.0501. The van der Waals surface area contributed by atoms with Crippen molar-refractivity contribution in [1.29, 1.82) is 0 Å². The average molecular weight is 455 g/mol. The van der Waals surface area contributed by atoms with Crippen LogP contribution in [-0.2, 0) is 11.2 Å². The van der Waals surface area contributed by atoms with E-state index in [1.165, 1.54) is 10.9 Å². The first-order chi connectivity index (χ1) is 14.4. The van der Waals surface area contributed by atoms with E-state index in [2.05, 4.69) is 20.3 Å². The average Bonchev–Trinajstić information content (AvgIpc) is 3.22. The second-order valence-electron chi connectivity index (χ2n) is 6.88. The minimum Gasteiger partial charge on any atom is -0.394 e. The van der Waals surface area contributed by atoms with Gasteiger partial charge in [0.2, 0.25) is 5.95 Å². The zero-order chi connectivity index (χ0) is 21.4. The van der Waals surface area contributed by atoms with Gasteiger partial charge >= 0.3 is 0 Å². The van der Waals surface area contributed by atoms with E-state index in [0.29, 0.717) is 40.1 Å². The first-order valence-corrected chi connectivity index (χ1v) is 9.95. The van der Waals surface area contributed by atoms with Crippen LogP contribution in [0.5, 0.6) is 0 Å². The van der Waals surface area contributed by atoms with E-state index in [-0.39, 0.29) is 5.82 Å².